The highest BCUT2D eigenvalue weighted by molar-refractivity contribution is 5.72. The number of carboxylic acid groups (broad SMARTS) is 1. The van der Waals surface area contributed by atoms with E-state index in [1.165, 1.54) is 6.07 Å². The first-order valence-corrected chi connectivity index (χ1v) is 10.9. The molecule has 0 unspecified atom stereocenters. The van der Waals surface area contributed by atoms with Crippen LogP contribution in [0, 0.1) is 5.92 Å². The number of ether oxygens (including phenoxy) is 1. The number of esters is 1. The van der Waals surface area contributed by atoms with Gasteiger partial charge in [-0.3, -0.25) is 19.1 Å². The van der Waals surface area contributed by atoms with Crippen LogP contribution in [-0.2, 0) is 33.7 Å². The van der Waals surface area contributed by atoms with Crippen molar-refractivity contribution >= 4 is 11.9 Å². The number of aryl methyl sites for hydroxylation is 1. The first-order valence-electron chi connectivity index (χ1n) is 10.9. The molecule has 0 aliphatic heterocycles. The number of benzene rings is 1. The molecule has 0 radical (unpaired) electrons. The Balaban J connectivity index is 1.69. The molecular formula is C24H28N4O5. The number of rotatable bonds is 11. The Bertz CT molecular complexity index is 1170. The Morgan fingerprint density at radius 1 is 1.18 bits per heavy atom. The lowest BCUT2D eigenvalue weighted by Crippen LogP contribution is -2.16. The topological polar surface area (TPSA) is 116 Å². The summed E-state index contributed by atoms with van der Waals surface area (Å²) in [6.07, 6.45) is 5.99. The average molecular weight is 453 g/mol. The second kappa shape index (κ2) is 11.2. The van der Waals surface area contributed by atoms with Gasteiger partial charge in [-0.1, -0.05) is 38.1 Å². The van der Waals surface area contributed by atoms with Gasteiger partial charge in [-0.05, 0) is 23.5 Å². The molecule has 1 aromatic carbocycles. The summed E-state index contributed by atoms with van der Waals surface area (Å²) in [7, 11) is 0. The van der Waals surface area contributed by atoms with E-state index in [4.69, 9.17) is 9.84 Å². The highest BCUT2D eigenvalue weighted by Crippen LogP contribution is 2.11. The summed E-state index contributed by atoms with van der Waals surface area (Å²) in [5.74, 6) is -0.838. The van der Waals surface area contributed by atoms with E-state index in [-0.39, 0.29) is 30.2 Å². The van der Waals surface area contributed by atoms with Crippen molar-refractivity contribution in [2.24, 2.45) is 5.92 Å². The zero-order chi connectivity index (χ0) is 23.8. The van der Waals surface area contributed by atoms with Crippen LogP contribution in [0.2, 0.25) is 0 Å². The maximum Gasteiger partial charge on any atom is 0.310 e. The molecule has 33 heavy (non-hydrogen) atoms. The summed E-state index contributed by atoms with van der Waals surface area (Å²) in [4.78, 5) is 35.1. The summed E-state index contributed by atoms with van der Waals surface area (Å²) in [5, 5.41) is 17.5. The lowest BCUT2D eigenvalue weighted by molar-refractivity contribution is -0.144. The van der Waals surface area contributed by atoms with Gasteiger partial charge in [0.25, 0.3) is 0 Å². The number of carbonyl (C=O) groups excluding carboxylic acids is 1. The van der Waals surface area contributed by atoms with Crippen LogP contribution in [0.1, 0.15) is 43.5 Å². The van der Waals surface area contributed by atoms with Crippen molar-refractivity contribution in [2.75, 3.05) is 6.61 Å². The smallest absolute Gasteiger partial charge is 0.310 e. The van der Waals surface area contributed by atoms with Gasteiger partial charge in [0.1, 0.15) is 11.4 Å². The molecule has 9 heteroatoms. The van der Waals surface area contributed by atoms with E-state index in [9.17, 15) is 14.4 Å². The minimum atomic E-state index is -0.842. The Morgan fingerprint density at radius 3 is 2.73 bits per heavy atom. The molecule has 3 rings (SSSR count). The van der Waals surface area contributed by atoms with Gasteiger partial charge in [0.05, 0.1) is 25.4 Å². The lowest BCUT2D eigenvalue weighted by atomic mass is 10.0. The van der Waals surface area contributed by atoms with E-state index >= 15 is 0 Å². The number of hydrogen-bond donors (Lipinski definition) is 1. The van der Waals surface area contributed by atoms with Crippen molar-refractivity contribution in [3.8, 4) is 5.69 Å². The molecule has 2 aromatic heterocycles. The standard InChI is InChI=1S/C24H28N4O5/c1-17(2)16-33-24(32)13-19-6-3-5-18(11-19)12-21-22(29)8-10-28(26-21)20-14-25-27(15-20)9-4-7-23(30)31/h3,5-6,8,10-11,14-15,17H,4,7,9,12-13,16H2,1-2H3,(H,30,31). The van der Waals surface area contributed by atoms with Crippen molar-refractivity contribution in [3.05, 3.63) is 76.0 Å². The maximum atomic E-state index is 12.4. The first kappa shape index (κ1) is 23.9. The molecule has 9 nitrogen and oxygen atoms in total. The predicted molar refractivity (Wildman–Crippen MR) is 121 cm³/mol. The van der Waals surface area contributed by atoms with Gasteiger partial charge in [0, 0.05) is 31.6 Å². The van der Waals surface area contributed by atoms with Crippen LogP contribution in [0.15, 0.2) is 53.7 Å². The van der Waals surface area contributed by atoms with Gasteiger partial charge in [-0.2, -0.15) is 10.2 Å². The Kier molecular flexibility index (Phi) is 8.12. The summed E-state index contributed by atoms with van der Waals surface area (Å²) >= 11 is 0. The van der Waals surface area contributed by atoms with E-state index in [1.54, 1.807) is 28.0 Å². The minimum Gasteiger partial charge on any atom is -0.481 e. The quantitative estimate of drug-likeness (QED) is 0.445. The van der Waals surface area contributed by atoms with Gasteiger partial charge in [0.2, 0.25) is 5.43 Å². The van der Waals surface area contributed by atoms with Crippen LogP contribution in [0.5, 0.6) is 0 Å². The second-order valence-corrected chi connectivity index (χ2v) is 8.28. The molecule has 0 atom stereocenters. The number of aliphatic carboxylic acids is 1. The summed E-state index contributed by atoms with van der Waals surface area (Å²) < 4.78 is 8.47. The normalized spacial score (nSPS) is 11.0. The lowest BCUT2D eigenvalue weighted by Gasteiger charge is -2.09. The molecule has 0 bridgehead atoms. The van der Waals surface area contributed by atoms with Crippen molar-refractivity contribution < 1.29 is 19.4 Å². The highest BCUT2D eigenvalue weighted by Gasteiger charge is 2.10. The van der Waals surface area contributed by atoms with Crippen LogP contribution in [0.25, 0.3) is 5.69 Å². The molecule has 0 amide bonds. The zero-order valence-corrected chi connectivity index (χ0v) is 18.8. The first-order chi connectivity index (χ1) is 15.8. The van der Waals surface area contributed by atoms with E-state index in [0.717, 1.165) is 11.1 Å². The molecular weight excluding hydrogens is 424 g/mol. The monoisotopic (exact) mass is 452 g/mol. The third-order valence-corrected chi connectivity index (χ3v) is 4.83. The van der Waals surface area contributed by atoms with E-state index in [0.29, 0.717) is 37.4 Å². The van der Waals surface area contributed by atoms with Crippen LogP contribution < -0.4 is 5.43 Å². The van der Waals surface area contributed by atoms with Crippen LogP contribution in [0.4, 0.5) is 0 Å². The maximum absolute atomic E-state index is 12.4. The molecule has 0 spiro atoms. The average Bonchev–Trinajstić information content (AvgIpc) is 3.23. The number of carboxylic acids is 1. The highest BCUT2D eigenvalue weighted by atomic mass is 16.5. The number of nitrogens with zero attached hydrogens (tertiary/aromatic N) is 4. The fourth-order valence-electron chi connectivity index (χ4n) is 3.22. The molecule has 0 aliphatic carbocycles. The Labute approximate surface area is 191 Å². The molecule has 3 aromatic rings. The Morgan fingerprint density at radius 2 is 1.97 bits per heavy atom. The number of carbonyl (C=O) groups is 2. The molecule has 0 fully saturated rings. The molecule has 1 N–H and O–H groups in total. The fourth-order valence-corrected chi connectivity index (χ4v) is 3.22. The molecule has 174 valence electrons. The molecule has 0 saturated heterocycles. The van der Waals surface area contributed by atoms with Gasteiger partial charge in [-0.25, -0.2) is 4.68 Å². The van der Waals surface area contributed by atoms with Crippen molar-refractivity contribution in [2.45, 2.75) is 46.1 Å². The predicted octanol–water partition coefficient (Wildman–Crippen LogP) is 2.63. The SMILES string of the molecule is CC(C)COC(=O)Cc1cccc(Cc2nn(-c3cnn(CCCC(=O)O)c3)ccc2=O)c1. The zero-order valence-electron chi connectivity index (χ0n) is 18.8. The van der Waals surface area contributed by atoms with Crippen LogP contribution in [0.3, 0.4) is 0 Å². The van der Waals surface area contributed by atoms with Gasteiger partial charge in [-0.15, -0.1) is 0 Å². The van der Waals surface area contributed by atoms with E-state index < -0.39 is 5.97 Å². The Hall–Kier alpha value is -3.75. The van der Waals surface area contributed by atoms with Gasteiger partial charge in [0.15, 0.2) is 0 Å². The molecule has 0 saturated carbocycles. The largest absolute Gasteiger partial charge is 0.481 e. The minimum absolute atomic E-state index is 0.0735. The summed E-state index contributed by atoms with van der Waals surface area (Å²) in [6, 6.07) is 8.94. The van der Waals surface area contributed by atoms with Gasteiger partial charge < -0.3 is 9.84 Å². The van der Waals surface area contributed by atoms with Gasteiger partial charge >= 0.3 is 11.9 Å². The molecule has 2 heterocycles. The third-order valence-electron chi connectivity index (χ3n) is 4.83. The number of aromatic nitrogens is 4. The molecule has 0 aliphatic rings. The summed E-state index contributed by atoms with van der Waals surface area (Å²) in [6.45, 7) is 4.84. The fraction of sp³-hybridized carbons (Fsp3) is 0.375. The van der Waals surface area contributed by atoms with Crippen LogP contribution >= 0.6 is 0 Å². The van der Waals surface area contributed by atoms with E-state index in [1.807, 2.05) is 38.1 Å². The second-order valence-electron chi connectivity index (χ2n) is 8.28. The van der Waals surface area contributed by atoms with Crippen molar-refractivity contribution in [1.29, 1.82) is 0 Å². The van der Waals surface area contributed by atoms with Crippen LogP contribution in [-0.4, -0.2) is 43.2 Å². The number of hydrogen-bond acceptors (Lipinski definition) is 6. The third kappa shape index (κ3) is 7.41. The van der Waals surface area contributed by atoms with Crippen molar-refractivity contribution in [3.63, 3.8) is 0 Å². The summed E-state index contributed by atoms with van der Waals surface area (Å²) in [5.41, 5.74) is 2.56. The van der Waals surface area contributed by atoms with E-state index in [2.05, 4.69) is 10.2 Å². The van der Waals surface area contributed by atoms with Crippen molar-refractivity contribution in [1.82, 2.24) is 19.6 Å².